The van der Waals surface area contributed by atoms with Gasteiger partial charge in [-0.3, -0.25) is 19.6 Å². The SMILES string of the molecule is O=C1N=C(Nc2cc(NC(=O)c3ccccn3)ccc2Cl)S/C1=C\c1ccc2ncccc2c1. The second kappa shape index (κ2) is 9.46. The van der Waals surface area contributed by atoms with Crippen molar-refractivity contribution in [2.45, 2.75) is 0 Å². The van der Waals surface area contributed by atoms with Gasteiger partial charge in [-0.05, 0) is 71.9 Å². The highest BCUT2D eigenvalue weighted by Gasteiger charge is 2.23. The summed E-state index contributed by atoms with van der Waals surface area (Å²) in [5.74, 6) is -0.679. The number of rotatable bonds is 4. The summed E-state index contributed by atoms with van der Waals surface area (Å²) in [6, 6.07) is 19.8. The third-order valence-electron chi connectivity index (χ3n) is 4.91. The third-order valence-corrected chi connectivity index (χ3v) is 6.14. The molecule has 0 saturated heterocycles. The third kappa shape index (κ3) is 4.83. The molecule has 1 aliphatic heterocycles. The molecule has 9 heteroatoms. The number of hydrogen-bond donors (Lipinski definition) is 2. The molecule has 166 valence electrons. The number of nitrogens with zero attached hydrogens (tertiary/aromatic N) is 3. The fourth-order valence-corrected chi connectivity index (χ4v) is 4.29. The number of pyridine rings is 2. The molecule has 2 amide bonds. The Morgan fingerprint density at radius 2 is 1.85 bits per heavy atom. The minimum atomic E-state index is -0.340. The maximum atomic E-state index is 12.5. The van der Waals surface area contributed by atoms with Crippen molar-refractivity contribution in [2.24, 2.45) is 4.99 Å². The van der Waals surface area contributed by atoms with E-state index in [1.54, 1.807) is 54.9 Å². The van der Waals surface area contributed by atoms with Gasteiger partial charge in [-0.2, -0.15) is 4.99 Å². The molecule has 0 spiro atoms. The van der Waals surface area contributed by atoms with Crippen molar-refractivity contribution in [1.82, 2.24) is 9.97 Å². The lowest BCUT2D eigenvalue weighted by atomic mass is 10.1. The summed E-state index contributed by atoms with van der Waals surface area (Å²) in [6.07, 6.45) is 5.09. The monoisotopic (exact) mass is 485 g/mol. The first kappa shape index (κ1) is 21.8. The number of aliphatic imine (C=N–C) groups is 1. The summed E-state index contributed by atoms with van der Waals surface area (Å²) in [7, 11) is 0. The van der Waals surface area contributed by atoms with Crippen LogP contribution >= 0.6 is 23.4 Å². The quantitative estimate of drug-likeness (QED) is 0.364. The van der Waals surface area contributed by atoms with Crippen molar-refractivity contribution >= 4 is 68.7 Å². The summed E-state index contributed by atoms with van der Waals surface area (Å²) in [5.41, 5.74) is 3.10. The van der Waals surface area contributed by atoms with Gasteiger partial charge >= 0.3 is 0 Å². The predicted molar refractivity (Wildman–Crippen MR) is 137 cm³/mol. The van der Waals surface area contributed by atoms with Gasteiger partial charge in [0.15, 0.2) is 5.17 Å². The number of benzene rings is 2. The molecule has 2 aromatic heterocycles. The second-order valence-electron chi connectivity index (χ2n) is 7.28. The van der Waals surface area contributed by atoms with E-state index in [1.165, 1.54) is 11.8 Å². The molecule has 2 N–H and O–H groups in total. The first-order chi connectivity index (χ1) is 16.5. The summed E-state index contributed by atoms with van der Waals surface area (Å²) in [5, 5.41) is 7.67. The lowest BCUT2D eigenvalue weighted by Gasteiger charge is -2.10. The summed E-state index contributed by atoms with van der Waals surface area (Å²) in [4.78, 5) is 37.8. The number of anilines is 2. The predicted octanol–water partition coefficient (Wildman–Crippen LogP) is 5.62. The summed E-state index contributed by atoms with van der Waals surface area (Å²) < 4.78 is 0. The van der Waals surface area contributed by atoms with Crippen LogP contribution in [0.4, 0.5) is 11.4 Å². The van der Waals surface area contributed by atoms with E-state index in [0.29, 0.717) is 32.2 Å². The number of thioether (sulfide) groups is 1. The number of aromatic nitrogens is 2. The Bertz CT molecular complexity index is 1490. The van der Waals surface area contributed by atoms with Gasteiger partial charge in [0.25, 0.3) is 11.8 Å². The highest BCUT2D eigenvalue weighted by atomic mass is 35.5. The van der Waals surface area contributed by atoms with Gasteiger partial charge in [-0.1, -0.05) is 29.8 Å². The molecule has 7 nitrogen and oxygen atoms in total. The fourth-order valence-electron chi connectivity index (χ4n) is 3.30. The zero-order chi connectivity index (χ0) is 23.5. The van der Waals surface area contributed by atoms with Gasteiger partial charge in [-0.25, -0.2) is 0 Å². The standard InChI is InChI=1S/C25H16ClN5O2S/c26-18-8-7-17(29-23(32)20-5-1-2-10-28-20)14-21(18)30-25-31-24(33)22(34-25)13-15-6-9-19-16(12-15)4-3-11-27-19/h1-14H,(H,29,32)(H,30,31,33)/b22-13-. The van der Waals surface area contributed by atoms with Crippen LogP contribution in [-0.4, -0.2) is 26.9 Å². The minimum Gasteiger partial charge on any atom is -0.333 e. The Balaban J connectivity index is 1.31. The smallest absolute Gasteiger partial charge is 0.286 e. The maximum Gasteiger partial charge on any atom is 0.286 e. The van der Waals surface area contributed by atoms with E-state index < -0.39 is 0 Å². The molecular weight excluding hydrogens is 470 g/mol. The van der Waals surface area contributed by atoms with Crippen LogP contribution in [0.2, 0.25) is 5.02 Å². The van der Waals surface area contributed by atoms with Gasteiger partial charge in [-0.15, -0.1) is 0 Å². The van der Waals surface area contributed by atoms with E-state index in [1.807, 2.05) is 30.3 Å². The van der Waals surface area contributed by atoms with Gasteiger partial charge in [0.05, 0.1) is 21.1 Å². The van der Waals surface area contributed by atoms with E-state index in [9.17, 15) is 9.59 Å². The van der Waals surface area contributed by atoms with Crippen molar-refractivity contribution in [1.29, 1.82) is 0 Å². The number of hydrogen-bond acceptors (Lipinski definition) is 6. The Morgan fingerprint density at radius 3 is 2.71 bits per heavy atom. The Kier molecular flexibility index (Phi) is 6.07. The highest BCUT2D eigenvalue weighted by Crippen LogP contribution is 2.32. The zero-order valence-electron chi connectivity index (χ0n) is 17.5. The number of halogens is 1. The molecule has 4 aromatic rings. The summed E-state index contributed by atoms with van der Waals surface area (Å²) >= 11 is 7.55. The number of carbonyl (C=O) groups is 2. The van der Waals surface area contributed by atoms with Crippen molar-refractivity contribution in [3.63, 3.8) is 0 Å². The molecule has 0 bridgehead atoms. The van der Waals surface area contributed by atoms with E-state index >= 15 is 0 Å². The van der Waals surface area contributed by atoms with Crippen LogP contribution in [0.15, 0.2) is 89.0 Å². The molecule has 0 aliphatic carbocycles. The Hall–Kier alpha value is -4.01. The van der Waals surface area contributed by atoms with E-state index in [2.05, 4.69) is 25.6 Å². The first-order valence-electron chi connectivity index (χ1n) is 10.2. The highest BCUT2D eigenvalue weighted by molar-refractivity contribution is 8.18. The van der Waals surface area contributed by atoms with Crippen LogP contribution in [0.25, 0.3) is 17.0 Å². The molecule has 3 heterocycles. The molecule has 0 saturated carbocycles. The lowest BCUT2D eigenvalue weighted by Crippen LogP contribution is -2.14. The molecule has 2 aromatic carbocycles. The van der Waals surface area contributed by atoms with Crippen molar-refractivity contribution in [2.75, 3.05) is 10.6 Å². The molecule has 0 unspecified atom stereocenters. The first-order valence-corrected chi connectivity index (χ1v) is 11.4. The van der Waals surface area contributed by atoms with E-state index in [-0.39, 0.29) is 11.8 Å². The van der Waals surface area contributed by atoms with Gasteiger partial charge in [0, 0.05) is 23.5 Å². The van der Waals surface area contributed by atoms with Crippen LogP contribution in [0.5, 0.6) is 0 Å². The van der Waals surface area contributed by atoms with Crippen LogP contribution in [0.3, 0.4) is 0 Å². The molecule has 0 atom stereocenters. The average molecular weight is 486 g/mol. The molecule has 1 aliphatic rings. The lowest BCUT2D eigenvalue weighted by molar-refractivity contribution is -0.113. The number of carbonyl (C=O) groups excluding carboxylic acids is 2. The average Bonchev–Trinajstić information content (AvgIpc) is 3.20. The number of fused-ring (bicyclic) bond motifs is 1. The number of nitrogens with one attached hydrogen (secondary N) is 2. The molecule has 0 fully saturated rings. The maximum absolute atomic E-state index is 12.5. The van der Waals surface area contributed by atoms with Crippen molar-refractivity contribution in [3.05, 3.63) is 100 Å². The van der Waals surface area contributed by atoms with Crippen molar-refractivity contribution < 1.29 is 9.59 Å². The minimum absolute atomic E-state index is 0.299. The fraction of sp³-hybridized carbons (Fsp3) is 0. The molecule has 5 rings (SSSR count). The van der Waals surface area contributed by atoms with Crippen LogP contribution in [0.1, 0.15) is 16.1 Å². The van der Waals surface area contributed by atoms with Crippen LogP contribution in [-0.2, 0) is 4.79 Å². The molecule has 34 heavy (non-hydrogen) atoms. The molecule has 0 radical (unpaired) electrons. The van der Waals surface area contributed by atoms with E-state index in [0.717, 1.165) is 16.5 Å². The summed E-state index contributed by atoms with van der Waals surface area (Å²) in [6.45, 7) is 0. The van der Waals surface area contributed by atoms with Gasteiger partial charge in [0.2, 0.25) is 0 Å². The largest absolute Gasteiger partial charge is 0.333 e. The van der Waals surface area contributed by atoms with Gasteiger partial charge < -0.3 is 10.6 Å². The van der Waals surface area contributed by atoms with E-state index in [4.69, 9.17) is 11.6 Å². The zero-order valence-corrected chi connectivity index (χ0v) is 19.1. The van der Waals surface area contributed by atoms with Crippen LogP contribution < -0.4 is 10.6 Å². The van der Waals surface area contributed by atoms with Crippen molar-refractivity contribution in [3.8, 4) is 0 Å². The Morgan fingerprint density at radius 1 is 0.971 bits per heavy atom. The van der Waals surface area contributed by atoms with Crippen LogP contribution in [0, 0.1) is 0 Å². The number of amides is 2. The molecular formula is C25H16ClN5O2S. The Labute approximate surface area is 204 Å². The second-order valence-corrected chi connectivity index (χ2v) is 8.71. The topological polar surface area (TPSA) is 96.3 Å². The normalized spacial score (nSPS) is 14.3. The number of amidine groups is 1. The van der Waals surface area contributed by atoms with Gasteiger partial charge in [0.1, 0.15) is 5.69 Å².